The number of aromatic nitrogens is 4. The van der Waals surface area contributed by atoms with Crippen molar-refractivity contribution < 1.29 is 18.0 Å². The number of amides is 1. The maximum absolute atomic E-state index is 13.5. The van der Waals surface area contributed by atoms with Gasteiger partial charge in [0.05, 0.1) is 23.5 Å². The van der Waals surface area contributed by atoms with E-state index in [2.05, 4.69) is 20.0 Å². The number of carbonyl (C=O) groups excluding carboxylic acids is 2. The molecule has 4 heterocycles. The molecule has 3 aromatic rings. The molecular formula is C30H42N10O5S. The fourth-order valence-corrected chi connectivity index (χ4v) is 7.34. The number of nitrogens with zero attached hydrogens (tertiary/aromatic N) is 6. The number of unbranched alkanes of at least 4 members (excludes halogenated alkanes) is 1. The zero-order chi connectivity index (χ0) is 33.0. The quantitative estimate of drug-likeness (QED) is 0.162. The van der Waals surface area contributed by atoms with Gasteiger partial charge in [-0.3, -0.25) is 19.0 Å². The molecule has 1 aliphatic carbocycles. The third kappa shape index (κ3) is 7.19. The van der Waals surface area contributed by atoms with E-state index in [0.717, 1.165) is 31.4 Å². The van der Waals surface area contributed by atoms with Crippen LogP contribution >= 0.6 is 0 Å². The minimum absolute atomic E-state index is 0.0235. The first-order valence-corrected chi connectivity index (χ1v) is 17.1. The molecule has 0 radical (unpaired) electrons. The number of hydrogen-bond donors (Lipinski definition) is 4. The van der Waals surface area contributed by atoms with Crippen molar-refractivity contribution in [3.63, 3.8) is 0 Å². The number of rotatable bonds is 12. The lowest BCUT2D eigenvalue weighted by molar-refractivity contribution is -0.120. The summed E-state index contributed by atoms with van der Waals surface area (Å²) in [6.45, 7) is 4.82. The lowest BCUT2D eigenvalue weighted by atomic mass is 10.0. The maximum atomic E-state index is 13.5. The topological polar surface area (TPSA) is 212 Å². The summed E-state index contributed by atoms with van der Waals surface area (Å²) in [6.07, 6.45) is 8.76. The number of anilines is 3. The van der Waals surface area contributed by atoms with E-state index in [1.54, 1.807) is 30.0 Å². The van der Waals surface area contributed by atoms with E-state index in [0.29, 0.717) is 61.3 Å². The predicted octanol–water partition coefficient (Wildman–Crippen LogP) is 1.50. The van der Waals surface area contributed by atoms with Gasteiger partial charge in [-0.1, -0.05) is 19.3 Å². The summed E-state index contributed by atoms with van der Waals surface area (Å²) in [4.78, 5) is 53.8. The second kappa shape index (κ2) is 14.2. The highest BCUT2D eigenvalue weighted by Crippen LogP contribution is 2.32. The van der Waals surface area contributed by atoms with E-state index in [1.165, 1.54) is 11.2 Å². The highest BCUT2D eigenvalue weighted by molar-refractivity contribution is 7.87. The lowest BCUT2D eigenvalue weighted by Crippen LogP contribution is -2.55. The molecule has 16 heteroatoms. The van der Waals surface area contributed by atoms with E-state index in [9.17, 15) is 22.8 Å². The molecule has 1 saturated heterocycles. The molecule has 6 N–H and O–H groups in total. The van der Waals surface area contributed by atoms with Crippen molar-refractivity contribution in [2.45, 2.75) is 70.9 Å². The van der Waals surface area contributed by atoms with E-state index in [4.69, 9.17) is 16.5 Å². The van der Waals surface area contributed by atoms with Gasteiger partial charge in [0.2, 0.25) is 5.95 Å². The Kier molecular flexibility index (Phi) is 10.3. The third-order valence-electron chi connectivity index (χ3n) is 8.72. The van der Waals surface area contributed by atoms with E-state index >= 15 is 0 Å². The number of ketones is 1. The number of piperazine rings is 1. The summed E-state index contributed by atoms with van der Waals surface area (Å²) in [5.41, 5.74) is 13.1. The van der Waals surface area contributed by atoms with Crippen molar-refractivity contribution >= 4 is 50.4 Å². The molecule has 1 atom stereocenters. The van der Waals surface area contributed by atoms with Gasteiger partial charge in [0.1, 0.15) is 11.5 Å². The zero-order valence-corrected chi connectivity index (χ0v) is 27.1. The number of nitrogens with one attached hydrogen (secondary N) is 2. The van der Waals surface area contributed by atoms with Crippen molar-refractivity contribution in [2.75, 3.05) is 42.9 Å². The molecule has 2 aliphatic rings. The van der Waals surface area contributed by atoms with Crippen LogP contribution in [0.4, 0.5) is 17.5 Å². The van der Waals surface area contributed by atoms with Crippen LogP contribution in [-0.2, 0) is 15.0 Å². The fourth-order valence-electron chi connectivity index (χ4n) is 6.16. The van der Waals surface area contributed by atoms with Gasteiger partial charge < -0.3 is 21.7 Å². The SMILES string of the molecule is CC(=O)c1c(C)c2cnc(Nc3ccc(N4CCN(S(=O)(=O)NC(=O)C(N)CCCCN)CC4)cn3)nc2n(C2CCCC2)c1=O. The number of fused-ring (bicyclic) bond motifs is 1. The zero-order valence-electron chi connectivity index (χ0n) is 26.2. The van der Waals surface area contributed by atoms with Gasteiger partial charge >= 0.3 is 10.2 Å². The normalized spacial score (nSPS) is 16.9. The molecule has 1 saturated carbocycles. The smallest absolute Gasteiger partial charge is 0.303 e. The fraction of sp³-hybridized carbons (Fsp3) is 0.533. The Balaban J connectivity index is 1.24. The molecule has 15 nitrogen and oxygen atoms in total. The molecule has 0 bridgehead atoms. The first kappa shape index (κ1) is 33.4. The number of carbonyl (C=O) groups is 2. The molecule has 0 spiro atoms. The monoisotopic (exact) mass is 654 g/mol. The number of aryl methyl sites for hydroxylation is 1. The molecule has 5 rings (SSSR count). The summed E-state index contributed by atoms with van der Waals surface area (Å²) in [5, 5.41) is 3.78. The number of nitrogens with two attached hydrogens (primary N) is 2. The molecule has 2 fully saturated rings. The first-order valence-electron chi connectivity index (χ1n) is 15.7. The van der Waals surface area contributed by atoms with Gasteiger partial charge in [-0.15, -0.1) is 0 Å². The molecule has 0 aromatic carbocycles. The van der Waals surface area contributed by atoms with Gasteiger partial charge in [-0.05, 0) is 63.8 Å². The Morgan fingerprint density at radius 2 is 1.78 bits per heavy atom. The van der Waals surface area contributed by atoms with Crippen LogP contribution in [-0.4, -0.2) is 82.7 Å². The molecule has 3 aromatic heterocycles. The minimum atomic E-state index is -4.02. The summed E-state index contributed by atoms with van der Waals surface area (Å²) in [5.74, 6) is -0.234. The second-order valence-corrected chi connectivity index (χ2v) is 13.5. The van der Waals surface area contributed by atoms with Crippen LogP contribution in [0, 0.1) is 6.92 Å². The molecule has 1 amide bonds. The van der Waals surface area contributed by atoms with Crippen molar-refractivity contribution in [2.24, 2.45) is 11.5 Å². The molecular weight excluding hydrogens is 612 g/mol. The summed E-state index contributed by atoms with van der Waals surface area (Å²) >= 11 is 0. The van der Waals surface area contributed by atoms with Crippen molar-refractivity contribution in [3.8, 4) is 0 Å². The van der Waals surface area contributed by atoms with Gasteiger partial charge in [-0.2, -0.15) is 17.7 Å². The van der Waals surface area contributed by atoms with Crippen LogP contribution in [0.15, 0.2) is 29.3 Å². The van der Waals surface area contributed by atoms with Gasteiger partial charge in [0, 0.05) is 43.8 Å². The van der Waals surface area contributed by atoms with Crippen molar-refractivity contribution in [1.29, 1.82) is 0 Å². The van der Waals surface area contributed by atoms with Gasteiger partial charge in [0.25, 0.3) is 11.5 Å². The standard InChI is InChI=1S/C30H42N10O5S/c1-19-23-18-34-30(36-27(23)40(21-7-3-4-8-21)29(43)26(19)20(2)41)35-25-11-10-22(17-33-25)38-13-15-39(16-14-38)46(44,45)37-28(42)24(32)9-5-6-12-31/h10-11,17-18,21,24H,3-9,12-16,31-32H2,1-2H3,(H,37,42)(H,33,34,35,36). The Morgan fingerprint density at radius 3 is 2.41 bits per heavy atom. The van der Waals surface area contributed by atoms with Crippen LogP contribution in [0.25, 0.3) is 11.0 Å². The molecule has 1 unspecified atom stereocenters. The average molecular weight is 655 g/mol. The summed E-state index contributed by atoms with van der Waals surface area (Å²) in [6, 6.07) is 2.69. The van der Waals surface area contributed by atoms with E-state index < -0.39 is 22.2 Å². The Morgan fingerprint density at radius 1 is 1.07 bits per heavy atom. The predicted molar refractivity (Wildman–Crippen MR) is 175 cm³/mol. The van der Waals surface area contributed by atoms with Gasteiger partial charge in [-0.25, -0.2) is 14.7 Å². The molecule has 46 heavy (non-hydrogen) atoms. The Bertz CT molecular complexity index is 1750. The Hall–Kier alpha value is -3.99. The number of pyridine rings is 2. The van der Waals surface area contributed by atoms with E-state index in [1.807, 2.05) is 11.0 Å². The molecule has 1 aliphatic heterocycles. The largest absolute Gasteiger partial charge is 0.368 e. The van der Waals surface area contributed by atoms with Crippen LogP contribution in [0.1, 0.15) is 73.8 Å². The van der Waals surface area contributed by atoms with E-state index in [-0.39, 0.29) is 42.0 Å². The van der Waals surface area contributed by atoms with Crippen LogP contribution in [0.5, 0.6) is 0 Å². The van der Waals surface area contributed by atoms with Crippen LogP contribution in [0.2, 0.25) is 0 Å². The minimum Gasteiger partial charge on any atom is -0.368 e. The second-order valence-electron chi connectivity index (χ2n) is 11.9. The van der Waals surface area contributed by atoms with Gasteiger partial charge in [0.15, 0.2) is 5.78 Å². The van der Waals surface area contributed by atoms with Crippen LogP contribution in [0.3, 0.4) is 0 Å². The molecule has 248 valence electrons. The van der Waals surface area contributed by atoms with Crippen molar-refractivity contribution in [3.05, 3.63) is 46.0 Å². The summed E-state index contributed by atoms with van der Waals surface area (Å²) < 4.78 is 30.6. The third-order valence-corrected chi connectivity index (χ3v) is 10.2. The lowest BCUT2D eigenvalue weighted by Gasteiger charge is -2.35. The highest BCUT2D eigenvalue weighted by atomic mass is 32.2. The van der Waals surface area contributed by atoms with Crippen molar-refractivity contribution in [1.82, 2.24) is 28.5 Å². The first-order chi connectivity index (χ1) is 22.0. The Labute approximate surface area is 267 Å². The highest BCUT2D eigenvalue weighted by Gasteiger charge is 2.30. The van der Waals surface area contributed by atoms with Crippen LogP contribution < -0.4 is 32.0 Å². The number of Topliss-reactive ketones (excluding diaryl/α,β-unsaturated/α-hetero) is 1. The summed E-state index contributed by atoms with van der Waals surface area (Å²) in [7, 11) is -4.02. The average Bonchev–Trinajstić information content (AvgIpc) is 3.56. The number of hydrogen-bond acceptors (Lipinski definition) is 12. The maximum Gasteiger partial charge on any atom is 0.303 e.